The Labute approximate surface area is 152 Å². The molecule has 9 heteroatoms. The van der Waals surface area contributed by atoms with Crippen LogP contribution in [0.1, 0.15) is 22.1 Å². The van der Waals surface area contributed by atoms with Crippen molar-refractivity contribution in [3.05, 3.63) is 82.8 Å². The summed E-state index contributed by atoms with van der Waals surface area (Å²) < 4.78 is 6.36. The Morgan fingerprint density at radius 1 is 1.19 bits per heavy atom. The zero-order valence-corrected chi connectivity index (χ0v) is 14.1. The van der Waals surface area contributed by atoms with Crippen molar-refractivity contribution >= 4 is 16.8 Å². The van der Waals surface area contributed by atoms with Crippen molar-refractivity contribution in [2.75, 3.05) is 0 Å². The molecule has 4 aromatic rings. The third-order valence-electron chi connectivity index (χ3n) is 3.88. The predicted molar refractivity (Wildman–Crippen MR) is 94.8 cm³/mol. The average molecular weight is 362 g/mol. The number of fused-ring (bicyclic) bond motifs is 1. The van der Waals surface area contributed by atoms with Crippen molar-refractivity contribution in [2.45, 2.75) is 13.1 Å². The molecule has 1 aromatic carbocycles. The average Bonchev–Trinajstić information content (AvgIpc) is 3.18. The number of benzene rings is 1. The third-order valence-corrected chi connectivity index (χ3v) is 3.88. The molecule has 134 valence electrons. The molecule has 1 N–H and O–H groups in total. The zero-order valence-electron chi connectivity index (χ0n) is 14.1. The van der Waals surface area contributed by atoms with Crippen LogP contribution in [0.3, 0.4) is 0 Å². The Morgan fingerprint density at radius 3 is 2.93 bits per heavy atom. The first-order valence-electron chi connectivity index (χ1n) is 8.14. The molecule has 3 aromatic heterocycles. The molecule has 0 saturated heterocycles. The van der Waals surface area contributed by atoms with Crippen molar-refractivity contribution in [1.82, 2.24) is 30.0 Å². The number of rotatable bonds is 5. The maximum absolute atomic E-state index is 12.5. The van der Waals surface area contributed by atoms with Crippen LogP contribution in [0, 0.1) is 0 Å². The molecule has 0 bridgehead atoms. The number of pyridine rings is 1. The lowest BCUT2D eigenvalue weighted by atomic mass is 10.2. The van der Waals surface area contributed by atoms with Gasteiger partial charge in [-0.1, -0.05) is 23.4 Å². The zero-order chi connectivity index (χ0) is 18.6. The second-order valence-electron chi connectivity index (χ2n) is 5.75. The number of amides is 1. The van der Waals surface area contributed by atoms with Crippen molar-refractivity contribution in [3.63, 3.8) is 0 Å². The largest absolute Gasteiger partial charge is 0.344 e. The number of para-hydroxylation sites is 1. The molecule has 3 heterocycles. The molecule has 0 saturated carbocycles. The maximum atomic E-state index is 12.5. The number of carbonyl (C=O) groups is 1. The molecule has 0 atom stereocenters. The lowest BCUT2D eigenvalue weighted by Gasteiger charge is -2.03. The molecule has 27 heavy (non-hydrogen) atoms. The third kappa shape index (κ3) is 3.56. The topological polar surface area (TPSA) is 116 Å². The van der Waals surface area contributed by atoms with Crippen LogP contribution in [0.4, 0.5) is 0 Å². The molecule has 0 unspecified atom stereocenters. The molecule has 0 aliphatic rings. The van der Waals surface area contributed by atoms with E-state index in [0.29, 0.717) is 17.4 Å². The summed E-state index contributed by atoms with van der Waals surface area (Å²) in [4.78, 5) is 36.9. The van der Waals surface area contributed by atoms with E-state index in [4.69, 9.17) is 4.52 Å². The molecular weight excluding hydrogens is 348 g/mol. The van der Waals surface area contributed by atoms with E-state index >= 15 is 0 Å². The lowest BCUT2D eigenvalue weighted by molar-refractivity contribution is 0.0907. The Bertz CT molecular complexity index is 1150. The van der Waals surface area contributed by atoms with Crippen molar-refractivity contribution < 1.29 is 9.32 Å². The van der Waals surface area contributed by atoms with E-state index in [1.54, 1.807) is 36.7 Å². The summed E-state index contributed by atoms with van der Waals surface area (Å²) in [6, 6.07) is 10.7. The summed E-state index contributed by atoms with van der Waals surface area (Å²) in [7, 11) is 0. The van der Waals surface area contributed by atoms with E-state index in [1.165, 1.54) is 10.9 Å². The summed E-state index contributed by atoms with van der Waals surface area (Å²) in [6.45, 7) is 0.342. The molecule has 0 fully saturated rings. The number of aromatic nitrogens is 5. The van der Waals surface area contributed by atoms with Crippen LogP contribution < -0.4 is 10.9 Å². The highest BCUT2D eigenvalue weighted by atomic mass is 16.5. The van der Waals surface area contributed by atoms with E-state index in [2.05, 4.69) is 25.4 Å². The number of hydrogen-bond acceptors (Lipinski definition) is 7. The smallest absolute Gasteiger partial charge is 0.316 e. The van der Waals surface area contributed by atoms with Gasteiger partial charge >= 0.3 is 11.8 Å². The minimum absolute atomic E-state index is 0.0516. The summed E-state index contributed by atoms with van der Waals surface area (Å²) in [6.07, 6.45) is 4.72. The molecule has 9 nitrogen and oxygen atoms in total. The molecule has 0 aliphatic heterocycles. The van der Waals surface area contributed by atoms with Gasteiger partial charge in [0.2, 0.25) is 0 Å². The van der Waals surface area contributed by atoms with Gasteiger partial charge in [-0.15, -0.1) is 0 Å². The van der Waals surface area contributed by atoms with E-state index in [1.807, 2.05) is 12.1 Å². The highest BCUT2D eigenvalue weighted by molar-refractivity contribution is 5.89. The minimum atomic E-state index is -0.499. The fourth-order valence-corrected chi connectivity index (χ4v) is 2.54. The number of carbonyl (C=O) groups excluding carboxylic acids is 1. The van der Waals surface area contributed by atoms with Crippen LogP contribution in [0.15, 0.2) is 64.4 Å². The minimum Gasteiger partial charge on any atom is -0.344 e. The molecule has 4 rings (SSSR count). The molecule has 1 amide bonds. The first-order valence-corrected chi connectivity index (χ1v) is 8.14. The van der Waals surface area contributed by atoms with Crippen LogP contribution in [0.25, 0.3) is 10.9 Å². The van der Waals surface area contributed by atoms with Crippen LogP contribution in [-0.2, 0) is 13.1 Å². The maximum Gasteiger partial charge on any atom is 0.316 e. The van der Waals surface area contributed by atoms with Gasteiger partial charge in [0.1, 0.15) is 0 Å². The molecular formula is C18H14N6O3. The lowest BCUT2D eigenvalue weighted by Crippen LogP contribution is -2.23. The number of nitrogens with one attached hydrogen (secondary N) is 1. The van der Waals surface area contributed by atoms with E-state index in [0.717, 1.165) is 5.56 Å². The Hall–Kier alpha value is -3.88. The standard InChI is InChI=1S/C18H14N6O3/c25-16(20-9-12-4-3-7-19-8-12)17-22-15(23-27-17)10-24-11-21-14-6-2-1-5-13(14)18(24)26/h1-8,11H,9-10H2,(H,20,25). The predicted octanol–water partition coefficient (Wildman–Crippen LogP) is 1.15. The van der Waals surface area contributed by atoms with E-state index in [-0.39, 0.29) is 23.8 Å². The summed E-state index contributed by atoms with van der Waals surface area (Å²) in [5, 5.41) is 6.93. The van der Waals surface area contributed by atoms with E-state index < -0.39 is 5.91 Å². The fraction of sp³-hybridized carbons (Fsp3) is 0.111. The highest BCUT2D eigenvalue weighted by Crippen LogP contribution is 2.06. The second-order valence-corrected chi connectivity index (χ2v) is 5.75. The van der Waals surface area contributed by atoms with Gasteiger partial charge in [0.25, 0.3) is 5.56 Å². The first-order chi connectivity index (χ1) is 13.2. The quantitative estimate of drug-likeness (QED) is 0.566. The Morgan fingerprint density at radius 2 is 2.07 bits per heavy atom. The van der Waals surface area contributed by atoms with E-state index in [9.17, 15) is 9.59 Å². The van der Waals surface area contributed by atoms with Gasteiger partial charge in [0.15, 0.2) is 5.82 Å². The fourth-order valence-electron chi connectivity index (χ4n) is 2.54. The van der Waals surface area contributed by atoms with Crippen molar-refractivity contribution in [2.24, 2.45) is 0 Å². The summed E-state index contributed by atoms with van der Waals surface area (Å²) >= 11 is 0. The Balaban J connectivity index is 1.47. The molecule has 0 aliphatic carbocycles. The number of hydrogen-bond donors (Lipinski definition) is 1. The van der Waals surface area contributed by atoms with Crippen molar-refractivity contribution in [1.29, 1.82) is 0 Å². The Kier molecular flexibility index (Phi) is 4.40. The van der Waals surface area contributed by atoms with Crippen LogP contribution in [0.2, 0.25) is 0 Å². The summed E-state index contributed by atoms with van der Waals surface area (Å²) in [5.74, 6) is -0.460. The SMILES string of the molecule is O=C(NCc1cccnc1)c1nc(Cn2cnc3ccccc3c2=O)no1. The van der Waals surface area contributed by atoms with Gasteiger partial charge in [0.05, 0.1) is 23.8 Å². The van der Waals surface area contributed by atoms with Gasteiger partial charge in [-0.3, -0.25) is 19.1 Å². The van der Waals surface area contributed by atoms with Crippen LogP contribution >= 0.6 is 0 Å². The van der Waals surface area contributed by atoms with Crippen LogP contribution in [-0.4, -0.2) is 30.6 Å². The van der Waals surface area contributed by atoms with Gasteiger partial charge in [-0.2, -0.15) is 4.98 Å². The summed E-state index contributed by atoms with van der Waals surface area (Å²) in [5.41, 5.74) is 1.25. The second kappa shape index (κ2) is 7.16. The highest BCUT2D eigenvalue weighted by Gasteiger charge is 2.16. The molecule has 0 spiro atoms. The normalized spacial score (nSPS) is 10.8. The van der Waals surface area contributed by atoms with Gasteiger partial charge in [-0.25, -0.2) is 4.98 Å². The molecule has 0 radical (unpaired) electrons. The van der Waals surface area contributed by atoms with Gasteiger partial charge in [0, 0.05) is 18.9 Å². The first kappa shape index (κ1) is 16.6. The van der Waals surface area contributed by atoms with Crippen molar-refractivity contribution in [3.8, 4) is 0 Å². The van der Waals surface area contributed by atoms with Crippen LogP contribution in [0.5, 0.6) is 0 Å². The van der Waals surface area contributed by atoms with Gasteiger partial charge < -0.3 is 9.84 Å². The number of nitrogens with zero attached hydrogens (tertiary/aromatic N) is 5. The van der Waals surface area contributed by atoms with Gasteiger partial charge in [-0.05, 0) is 23.8 Å². The monoisotopic (exact) mass is 362 g/mol.